The van der Waals surface area contributed by atoms with Gasteiger partial charge in [0.15, 0.2) is 0 Å². The molecule has 2 atom stereocenters. The van der Waals surface area contributed by atoms with Crippen LogP contribution in [0.3, 0.4) is 0 Å². The molecule has 1 saturated heterocycles. The predicted molar refractivity (Wildman–Crippen MR) is 73.2 cm³/mol. The second kappa shape index (κ2) is 5.88. The Balaban J connectivity index is 2.14. The van der Waals surface area contributed by atoms with E-state index in [1.54, 1.807) is 12.1 Å². The number of nitrogens with two attached hydrogens (primary N) is 1. The summed E-state index contributed by atoms with van der Waals surface area (Å²) < 4.78 is 13.8. The van der Waals surface area contributed by atoms with Crippen molar-refractivity contribution in [2.24, 2.45) is 11.7 Å². The van der Waals surface area contributed by atoms with Crippen LogP contribution in [-0.4, -0.2) is 23.4 Å². The van der Waals surface area contributed by atoms with Gasteiger partial charge >= 0.3 is 0 Å². The molecule has 0 saturated carbocycles. The number of carbonyl (C=O) groups excluding carboxylic acids is 1. The lowest BCUT2D eigenvalue weighted by Gasteiger charge is -2.37. The van der Waals surface area contributed by atoms with Crippen LogP contribution in [0.15, 0.2) is 18.2 Å². The third-order valence-corrected chi connectivity index (χ3v) is 4.19. The van der Waals surface area contributed by atoms with Gasteiger partial charge in [0.25, 0.3) is 0 Å². The highest BCUT2D eigenvalue weighted by Gasteiger charge is 2.29. The van der Waals surface area contributed by atoms with Crippen molar-refractivity contribution in [3.05, 3.63) is 34.6 Å². The van der Waals surface area contributed by atoms with Gasteiger partial charge in [-0.15, -0.1) is 0 Å². The predicted octanol–water partition coefficient (Wildman–Crippen LogP) is 2.56. The number of rotatable bonds is 3. The van der Waals surface area contributed by atoms with Gasteiger partial charge in [0, 0.05) is 29.7 Å². The number of primary amides is 1. The minimum absolute atomic E-state index is 0.151. The maximum absolute atomic E-state index is 13.8. The number of hydrogen-bond donors (Lipinski definition) is 1. The van der Waals surface area contributed by atoms with Crippen LogP contribution in [-0.2, 0) is 11.3 Å². The molecule has 0 aliphatic carbocycles. The van der Waals surface area contributed by atoms with E-state index in [1.807, 2.05) is 0 Å². The standard InChI is InChI=1S/C14H18ClFN2O/c1-9-5-6-10(14(17)19)7-18(9)8-11-12(15)3-2-4-13(11)16/h2-4,9-10H,5-8H2,1H3,(H2,17,19). The first-order valence-corrected chi connectivity index (χ1v) is 6.83. The summed E-state index contributed by atoms with van der Waals surface area (Å²) >= 11 is 6.04. The third kappa shape index (κ3) is 3.25. The molecule has 1 amide bonds. The van der Waals surface area contributed by atoms with E-state index in [1.165, 1.54) is 6.07 Å². The van der Waals surface area contributed by atoms with Gasteiger partial charge in [0.2, 0.25) is 5.91 Å². The summed E-state index contributed by atoms with van der Waals surface area (Å²) in [6, 6.07) is 4.97. The Kier molecular flexibility index (Phi) is 4.42. The van der Waals surface area contributed by atoms with Crippen LogP contribution >= 0.6 is 11.6 Å². The lowest BCUT2D eigenvalue weighted by atomic mass is 9.92. The highest BCUT2D eigenvalue weighted by Crippen LogP contribution is 2.27. The van der Waals surface area contributed by atoms with Crippen molar-refractivity contribution >= 4 is 17.5 Å². The lowest BCUT2D eigenvalue weighted by Crippen LogP contribution is -2.45. The van der Waals surface area contributed by atoms with Crippen molar-refractivity contribution in [1.82, 2.24) is 4.90 Å². The van der Waals surface area contributed by atoms with E-state index in [-0.39, 0.29) is 17.6 Å². The van der Waals surface area contributed by atoms with E-state index < -0.39 is 0 Å². The molecule has 1 aromatic carbocycles. The van der Waals surface area contributed by atoms with Gasteiger partial charge in [0.1, 0.15) is 5.82 Å². The fraction of sp³-hybridized carbons (Fsp3) is 0.500. The average molecular weight is 285 g/mol. The van der Waals surface area contributed by atoms with Crippen molar-refractivity contribution in [1.29, 1.82) is 0 Å². The first-order chi connectivity index (χ1) is 8.99. The van der Waals surface area contributed by atoms with Crippen LogP contribution in [0, 0.1) is 11.7 Å². The maximum atomic E-state index is 13.8. The number of nitrogens with zero attached hydrogens (tertiary/aromatic N) is 1. The van der Waals surface area contributed by atoms with E-state index in [0.717, 1.165) is 12.8 Å². The van der Waals surface area contributed by atoms with E-state index >= 15 is 0 Å². The molecule has 2 unspecified atom stereocenters. The average Bonchev–Trinajstić information content (AvgIpc) is 2.35. The van der Waals surface area contributed by atoms with E-state index in [2.05, 4.69) is 11.8 Å². The zero-order valence-corrected chi connectivity index (χ0v) is 11.7. The van der Waals surface area contributed by atoms with E-state index in [4.69, 9.17) is 17.3 Å². The molecule has 5 heteroatoms. The maximum Gasteiger partial charge on any atom is 0.221 e. The van der Waals surface area contributed by atoms with Gasteiger partial charge in [-0.2, -0.15) is 0 Å². The summed E-state index contributed by atoms with van der Waals surface area (Å²) in [5.41, 5.74) is 5.85. The largest absolute Gasteiger partial charge is 0.369 e. The first kappa shape index (κ1) is 14.3. The van der Waals surface area contributed by atoms with Crippen molar-refractivity contribution in [2.75, 3.05) is 6.54 Å². The fourth-order valence-electron chi connectivity index (χ4n) is 2.52. The summed E-state index contributed by atoms with van der Waals surface area (Å²) in [5.74, 6) is -0.737. The molecule has 3 nitrogen and oxygen atoms in total. The van der Waals surface area contributed by atoms with Gasteiger partial charge < -0.3 is 5.73 Å². The molecule has 19 heavy (non-hydrogen) atoms. The summed E-state index contributed by atoms with van der Waals surface area (Å²) in [4.78, 5) is 13.4. The van der Waals surface area contributed by atoms with Crippen LogP contribution in [0.4, 0.5) is 4.39 Å². The van der Waals surface area contributed by atoms with Crippen LogP contribution < -0.4 is 5.73 Å². The SMILES string of the molecule is CC1CCC(C(N)=O)CN1Cc1c(F)cccc1Cl. The molecule has 2 N–H and O–H groups in total. The number of piperidine rings is 1. The minimum atomic E-state index is -0.305. The highest BCUT2D eigenvalue weighted by molar-refractivity contribution is 6.31. The molecule has 1 aliphatic rings. The molecular weight excluding hydrogens is 267 g/mol. The number of hydrogen-bond acceptors (Lipinski definition) is 2. The first-order valence-electron chi connectivity index (χ1n) is 6.45. The number of halogens is 2. The van der Waals surface area contributed by atoms with Crippen LogP contribution in [0.25, 0.3) is 0 Å². The normalized spacial score (nSPS) is 24.4. The van der Waals surface area contributed by atoms with Gasteiger partial charge in [-0.25, -0.2) is 4.39 Å². The Hall–Kier alpha value is -1.13. The third-order valence-electron chi connectivity index (χ3n) is 3.84. The van der Waals surface area contributed by atoms with Crippen molar-refractivity contribution in [3.8, 4) is 0 Å². The topological polar surface area (TPSA) is 46.3 Å². The minimum Gasteiger partial charge on any atom is -0.369 e. The quantitative estimate of drug-likeness (QED) is 0.927. The van der Waals surface area contributed by atoms with Crippen molar-refractivity contribution < 1.29 is 9.18 Å². The fourth-order valence-corrected chi connectivity index (χ4v) is 2.74. The molecule has 0 aromatic heterocycles. The van der Waals surface area contributed by atoms with Crippen LogP contribution in [0.2, 0.25) is 5.02 Å². The molecule has 2 rings (SSSR count). The van der Waals surface area contributed by atoms with Gasteiger partial charge in [0.05, 0.1) is 5.92 Å². The summed E-state index contributed by atoms with van der Waals surface area (Å²) in [6.45, 7) is 3.06. The smallest absolute Gasteiger partial charge is 0.221 e. The second-order valence-corrected chi connectivity index (χ2v) is 5.56. The van der Waals surface area contributed by atoms with Crippen LogP contribution in [0.5, 0.6) is 0 Å². The zero-order chi connectivity index (χ0) is 14.0. The molecule has 1 fully saturated rings. The number of benzene rings is 1. The van der Waals surface area contributed by atoms with Crippen molar-refractivity contribution in [3.63, 3.8) is 0 Å². The van der Waals surface area contributed by atoms with E-state index in [0.29, 0.717) is 29.7 Å². The molecular formula is C14H18ClFN2O. The Labute approximate surface area is 117 Å². The molecule has 1 aromatic rings. The Morgan fingerprint density at radius 3 is 2.89 bits per heavy atom. The lowest BCUT2D eigenvalue weighted by molar-refractivity contribution is -0.124. The van der Waals surface area contributed by atoms with E-state index in [9.17, 15) is 9.18 Å². The number of amides is 1. The molecule has 0 spiro atoms. The Bertz CT molecular complexity index is 460. The number of likely N-dealkylation sites (tertiary alicyclic amines) is 1. The second-order valence-electron chi connectivity index (χ2n) is 5.16. The molecule has 0 radical (unpaired) electrons. The monoisotopic (exact) mass is 284 g/mol. The molecule has 1 heterocycles. The summed E-state index contributed by atoms with van der Waals surface area (Å²) in [7, 11) is 0. The van der Waals surface area contributed by atoms with Crippen molar-refractivity contribution in [2.45, 2.75) is 32.4 Å². The Morgan fingerprint density at radius 2 is 2.26 bits per heavy atom. The summed E-state index contributed by atoms with van der Waals surface area (Å²) in [5, 5.41) is 0.424. The van der Waals surface area contributed by atoms with Gasteiger partial charge in [-0.05, 0) is 31.9 Å². The Morgan fingerprint density at radius 1 is 1.53 bits per heavy atom. The van der Waals surface area contributed by atoms with Crippen LogP contribution in [0.1, 0.15) is 25.3 Å². The summed E-state index contributed by atoms with van der Waals surface area (Å²) in [6.07, 6.45) is 1.69. The zero-order valence-electron chi connectivity index (χ0n) is 10.9. The molecule has 0 bridgehead atoms. The number of carbonyl (C=O) groups is 1. The van der Waals surface area contributed by atoms with Gasteiger partial charge in [-0.3, -0.25) is 9.69 Å². The molecule has 1 aliphatic heterocycles. The molecule has 104 valence electrons. The van der Waals surface area contributed by atoms with Gasteiger partial charge in [-0.1, -0.05) is 17.7 Å². The highest BCUT2D eigenvalue weighted by atomic mass is 35.5.